The molecule has 2 fully saturated rings. The quantitative estimate of drug-likeness (QED) is 0.798. The van der Waals surface area contributed by atoms with Gasteiger partial charge < -0.3 is 19.7 Å². The molecule has 0 unspecified atom stereocenters. The SMILES string of the molecule is CO[C@H]1CN2[C@H](CN(C)C)[C@H](c3ccc(Br)cc3)[C@@H]2CNC[C@H]1OC. The van der Waals surface area contributed by atoms with Crippen LogP contribution in [0.25, 0.3) is 0 Å². The van der Waals surface area contributed by atoms with Crippen LogP contribution in [0.5, 0.6) is 0 Å². The van der Waals surface area contributed by atoms with E-state index in [4.69, 9.17) is 9.47 Å². The summed E-state index contributed by atoms with van der Waals surface area (Å²) in [5, 5.41) is 3.60. The summed E-state index contributed by atoms with van der Waals surface area (Å²) in [6.45, 7) is 3.80. The Labute approximate surface area is 159 Å². The molecule has 0 aliphatic carbocycles. The van der Waals surface area contributed by atoms with Crippen molar-refractivity contribution in [3.63, 3.8) is 0 Å². The van der Waals surface area contributed by atoms with Gasteiger partial charge in [-0.3, -0.25) is 4.90 Å². The van der Waals surface area contributed by atoms with E-state index in [2.05, 4.69) is 69.4 Å². The van der Waals surface area contributed by atoms with Crippen molar-refractivity contribution in [3.05, 3.63) is 34.3 Å². The van der Waals surface area contributed by atoms with Crippen molar-refractivity contribution in [3.8, 4) is 0 Å². The Kier molecular flexibility index (Phi) is 6.52. The second kappa shape index (κ2) is 8.46. The minimum Gasteiger partial charge on any atom is -0.377 e. The number of benzene rings is 1. The van der Waals surface area contributed by atoms with E-state index < -0.39 is 0 Å². The second-order valence-electron chi connectivity index (χ2n) is 7.38. The molecule has 1 N–H and O–H groups in total. The van der Waals surface area contributed by atoms with Crippen LogP contribution in [0.2, 0.25) is 0 Å². The van der Waals surface area contributed by atoms with Gasteiger partial charge in [0.2, 0.25) is 0 Å². The lowest BCUT2D eigenvalue weighted by atomic mass is 9.74. The highest BCUT2D eigenvalue weighted by atomic mass is 79.9. The molecule has 1 aromatic rings. The van der Waals surface area contributed by atoms with Crippen molar-refractivity contribution in [1.82, 2.24) is 15.1 Å². The van der Waals surface area contributed by atoms with Crippen molar-refractivity contribution in [2.45, 2.75) is 30.2 Å². The Hall–Kier alpha value is -0.500. The Morgan fingerprint density at radius 2 is 1.80 bits per heavy atom. The van der Waals surface area contributed by atoms with Crippen molar-refractivity contribution >= 4 is 15.9 Å². The number of rotatable bonds is 5. The molecule has 2 aliphatic heterocycles. The predicted octanol–water partition coefficient (Wildman–Crippen LogP) is 1.78. The van der Waals surface area contributed by atoms with Crippen LogP contribution < -0.4 is 5.32 Å². The molecule has 25 heavy (non-hydrogen) atoms. The molecular formula is C19H30BrN3O2. The van der Waals surface area contributed by atoms with Gasteiger partial charge in [-0.2, -0.15) is 0 Å². The summed E-state index contributed by atoms with van der Waals surface area (Å²) >= 11 is 3.55. The van der Waals surface area contributed by atoms with E-state index in [0.717, 1.165) is 30.7 Å². The predicted molar refractivity (Wildman–Crippen MR) is 104 cm³/mol. The molecule has 140 valence electrons. The summed E-state index contributed by atoms with van der Waals surface area (Å²) in [4.78, 5) is 4.90. The molecule has 0 aromatic heterocycles. The molecule has 6 heteroatoms. The van der Waals surface area contributed by atoms with Gasteiger partial charge in [0.05, 0.1) is 12.2 Å². The lowest BCUT2D eigenvalue weighted by molar-refractivity contribution is -0.109. The summed E-state index contributed by atoms with van der Waals surface area (Å²) in [5.74, 6) is 0.541. The topological polar surface area (TPSA) is 37.0 Å². The molecule has 5 atom stereocenters. The number of hydrogen-bond acceptors (Lipinski definition) is 5. The van der Waals surface area contributed by atoms with Gasteiger partial charge in [0.15, 0.2) is 0 Å². The number of likely N-dealkylation sites (N-methyl/N-ethyl adjacent to an activating group) is 1. The van der Waals surface area contributed by atoms with Gasteiger partial charge in [-0.05, 0) is 31.8 Å². The summed E-state index contributed by atoms with van der Waals surface area (Å²) in [5.41, 5.74) is 1.43. The molecule has 3 rings (SSSR count). The van der Waals surface area contributed by atoms with Crippen molar-refractivity contribution in [2.75, 3.05) is 54.5 Å². The van der Waals surface area contributed by atoms with Gasteiger partial charge in [-0.1, -0.05) is 28.1 Å². The highest BCUT2D eigenvalue weighted by Gasteiger charge is 2.50. The fourth-order valence-corrected chi connectivity index (χ4v) is 4.61. The number of hydrogen-bond donors (Lipinski definition) is 1. The third kappa shape index (κ3) is 4.10. The number of nitrogens with one attached hydrogen (secondary N) is 1. The third-order valence-corrected chi connectivity index (χ3v) is 6.13. The van der Waals surface area contributed by atoms with E-state index in [-0.39, 0.29) is 12.2 Å². The van der Waals surface area contributed by atoms with Gasteiger partial charge in [-0.25, -0.2) is 0 Å². The van der Waals surface area contributed by atoms with Crippen molar-refractivity contribution in [2.24, 2.45) is 0 Å². The first-order valence-electron chi connectivity index (χ1n) is 8.97. The lowest BCUT2D eigenvalue weighted by Gasteiger charge is -2.58. The van der Waals surface area contributed by atoms with Gasteiger partial charge >= 0.3 is 0 Å². The second-order valence-corrected chi connectivity index (χ2v) is 8.29. The Morgan fingerprint density at radius 3 is 2.40 bits per heavy atom. The largest absolute Gasteiger partial charge is 0.377 e. The van der Waals surface area contributed by atoms with Crippen molar-refractivity contribution < 1.29 is 9.47 Å². The maximum atomic E-state index is 5.77. The zero-order valence-corrected chi connectivity index (χ0v) is 17.2. The van der Waals surface area contributed by atoms with E-state index in [9.17, 15) is 0 Å². The van der Waals surface area contributed by atoms with Gasteiger partial charge in [0, 0.05) is 62.9 Å². The Bertz CT molecular complexity index is 554. The van der Waals surface area contributed by atoms with E-state index in [1.165, 1.54) is 5.56 Å². The van der Waals surface area contributed by atoms with Gasteiger partial charge in [-0.15, -0.1) is 0 Å². The average molecular weight is 412 g/mol. The van der Waals surface area contributed by atoms with E-state index in [1.54, 1.807) is 14.2 Å². The minimum absolute atomic E-state index is 0.0934. The Morgan fingerprint density at radius 1 is 1.12 bits per heavy atom. The third-order valence-electron chi connectivity index (χ3n) is 5.60. The van der Waals surface area contributed by atoms with Crippen LogP contribution in [-0.2, 0) is 9.47 Å². The van der Waals surface area contributed by atoms with Crippen LogP contribution in [0.4, 0.5) is 0 Å². The smallest absolute Gasteiger partial charge is 0.0971 e. The fraction of sp³-hybridized carbons (Fsp3) is 0.684. The number of halogens is 1. The molecule has 0 radical (unpaired) electrons. The van der Waals surface area contributed by atoms with Crippen LogP contribution in [0, 0.1) is 0 Å². The highest BCUT2D eigenvalue weighted by molar-refractivity contribution is 9.10. The Balaban J connectivity index is 1.83. The highest BCUT2D eigenvalue weighted by Crippen LogP contribution is 2.42. The van der Waals surface area contributed by atoms with E-state index in [1.807, 2.05) is 0 Å². The fourth-order valence-electron chi connectivity index (χ4n) is 4.34. The summed E-state index contributed by atoms with van der Waals surface area (Å²) in [6.07, 6.45) is 0.188. The molecular weight excluding hydrogens is 382 g/mol. The molecule has 2 aliphatic rings. The molecule has 0 amide bonds. The van der Waals surface area contributed by atoms with Crippen LogP contribution >= 0.6 is 15.9 Å². The zero-order chi connectivity index (χ0) is 18.0. The standard InChI is InChI=1S/C19H30BrN3O2/c1-22(2)11-16-19(13-5-7-14(20)8-6-13)15-9-21-10-17(24-3)18(25-4)12-23(15)16/h5-8,15-19,21H,9-12H2,1-4H3/t15-,16+,17+,18-,19+/m0/s1. The number of fused-ring (bicyclic) bond motifs is 1. The molecule has 5 nitrogen and oxygen atoms in total. The molecule has 0 bridgehead atoms. The molecule has 0 saturated carbocycles. The van der Waals surface area contributed by atoms with Crippen LogP contribution in [0.3, 0.4) is 0 Å². The summed E-state index contributed by atoms with van der Waals surface area (Å²) < 4.78 is 12.5. The summed E-state index contributed by atoms with van der Waals surface area (Å²) in [7, 11) is 7.87. The molecule has 0 spiro atoms. The van der Waals surface area contributed by atoms with Crippen LogP contribution in [-0.4, -0.2) is 88.6 Å². The van der Waals surface area contributed by atoms with Crippen LogP contribution in [0.1, 0.15) is 11.5 Å². The number of nitrogens with zero attached hydrogens (tertiary/aromatic N) is 2. The maximum absolute atomic E-state index is 5.77. The van der Waals surface area contributed by atoms with Crippen molar-refractivity contribution in [1.29, 1.82) is 0 Å². The first-order chi connectivity index (χ1) is 12.0. The minimum atomic E-state index is 0.0934. The molecule has 2 saturated heterocycles. The average Bonchev–Trinajstić information content (AvgIpc) is 2.58. The first kappa shape index (κ1) is 19.3. The van der Waals surface area contributed by atoms with Crippen LogP contribution in [0.15, 0.2) is 28.7 Å². The monoisotopic (exact) mass is 411 g/mol. The number of ether oxygens (including phenoxy) is 2. The van der Waals surface area contributed by atoms with E-state index >= 15 is 0 Å². The first-order valence-corrected chi connectivity index (χ1v) is 9.76. The lowest BCUT2D eigenvalue weighted by Crippen LogP contribution is -2.71. The maximum Gasteiger partial charge on any atom is 0.0971 e. The molecule has 2 heterocycles. The number of methoxy groups -OCH3 is 2. The summed E-state index contributed by atoms with van der Waals surface area (Å²) in [6, 6.07) is 9.83. The normalized spacial score (nSPS) is 33.4. The molecule has 1 aromatic carbocycles. The van der Waals surface area contributed by atoms with Gasteiger partial charge in [0.25, 0.3) is 0 Å². The zero-order valence-electron chi connectivity index (χ0n) is 15.6. The van der Waals surface area contributed by atoms with E-state index in [0.29, 0.717) is 18.0 Å². The van der Waals surface area contributed by atoms with Gasteiger partial charge in [0.1, 0.15) is 0 Å².